The number of carbonyl (C=O) groups excluding carboxylic acids is 2. The van der Waals surface area contributed by atoms with Crippen LogP contribution in [0.4, 0.5) is 0 Å². The van der Waals surface area contributed by atoms with Gasteiger partial charge in [0.2, 0.25) is 11.8 Å². The van der Waals surface area contributed by atoms with Crippen LogP contribution in [0.25, 0.3) is 0 Å². The maximum Gasteiger partial charge on any atom is 0.237 e. The first-order chi connectivity index (χ1) is 16.1. The largest absolute Gasteiger partial charge is 0.391 e. The highest BCUT2D eigenvalue weighted by atomic mass is 16.3. The van der Waals surface area contributed by atoms with Gasteiger partial charge in [-0.1, -0.05) is 33.6 Å². The molecule has 9 nitrogen and oxygen atoms in total. The molecule has 3 saturated heterocycles. The molecule has 0 radical (unpaired) electrons. The van der Waals surface area contributed by atoms with Crippen molar-refractivity contribution in [3.8, 4) is 0 Å². The Hall–Kier alpha value is -1.26. The summed E-state index contributed by atoms with van der Waals surface area (Å²) in [5, 5.41) is 16.9. The lowest BCUT2D eigenvalue weighted by molar-refractivity contribution is -0.137. The predicted octanol–water partition coefficient (Wildman–Crippen LogP) is 0.608. The first-order valence-corrected chi connectivity index (χ1v) is 13.3. The third kappa shape index (κ3) is 5.93. The Morgan fingerprint density at radius 2 is 2.00 bits per heavy atom. The Morgan fingerprint density at radius 1 is 1.21 bits per heavy atom. The average Bonchev–Trinajstić information content (AvgIpc) is 3.34. The van der Waals surface area contributed by atoms with Crippen LogP contribution in [0.1, 0.15) is 65.7 Å². The van der Waals surface area contributed by atoms with Gasteiger partial charge >= 0.3 is 0 Å². The van der Waals surface area contributed by atoms with E-state index >= 15 is 0 Å². The number of rotatable bonds is 6. The van der Waals surface area contributed by atoms with Gasteiger partial charge < -0.3 is 20.6 Å². The number of β-amino-alcohol motifs (C(OH)–C–C–N with tert-alkyl or cyclic N) is 1. The normalized spacial score (nSPS) is 37.5. The molecule has 0 spiro atoms. The van der Waals surface area contributed by atoms with Gasteiger partial charge in [-0.15, -0.1) is 0 Å². The number of hydrogen-bond donors (Lipinski definition) is 5. The van der Waals surface area contributed by atoms with E-state index in [-0.39, 0.29) is 35.2 Å². The molecule has 4 aliphatic rings. The van der Waals surface area contributed by atoms with Gasteiger partial charge in [-0.2, -0.15) is 0 Å². The maximum atomic E-state index is 13.1. The molecule has 7 atom stereocenters. The Balaban J connectivity index is 1.26. The lowest BCUT2D eigenvalue weighted by Crippen LogP contribution is -2.54. The predicted molar refractivity (Wildman–Crippen MR) is 131 cm³/mol. The molecule has 9 heteroatoms. The van der Waals surface area contributed by atoms with Crippen molar-refractivity contribution in [2.24, 2.45) is 23.2 Å². The van der Waals surface area contributed by atoms with Gasteiger partial charge in [0.05, 0.1) is 25.0 Å². The van der Waals surface area contributed by atoms with Crippen LogP contribution in [0.3, 0.4) is 0 Å². The van der Waals surface area contributed by atoms with E-state index in [1.807, 2.05) is 13.8 Å². The minimum atomic E-state index is -0.486. The van der Waals surface area contributed by atoms with E-state index in [1.54, 1.807) is 4.90 Å². The van der Waals surface area contributed by atoms with E-state index in [4.69, 9.17) is 0 Å². The highest BCUT2D eigenvalue weighted by molar-refractivity contribution is 5.85. The lowest BCUT2D eigenvalue weighted by Gasteiger charge is -2.36. The third-order valence-electron chi connectivity index (χ3n) is 8.87. The standard InChI is InChI=1S/C25H46N6O3/c1-16(10-22-29-27-15-30(22)4)17-6-5-7-19(11-17)28-23(33)20-12-18(8-9-26-20)24(34)31-13-21(32)25(2,3)14-31/h16-22,26-27,29,32H,5-15H2,1-4H3,(H,28,33)/t16-,17?,18?,19?,20?,21?,22?/m1/s1. The summed E-state index contributed by atoms with van der Waals surface area (Å²) < 4.78 is 0. The number of carbonyl (C=O) groups is 2. The minimum absolute atomic E-state index is 0.0407. The van der Waals surface area contributed by atoms with E-state index in [9.17, 15) is 14.7 Å². The molecule has 2 amide bonds. The van der Waals surface area contributed by atoms with Gasteiger partial charge in [-0.05, 0) is 57.5 Å². The number of amides is 2. The topological polar surface area (TPSA) is 109 Å². The lowest BCUT2D eigenvalue weighted by atomic mass is 9.77. The van der Waals surface area contributed by atoms with E-state index in [1.165, 1.54) is 6.42 Å². The first-order valence-electron chi connectivity index (χ1n) is 13.3. The van der Waals surface area contributed by atoms with Crippen LogP contribution in [0.2, 0.25) is 0 Å². The molecule has 1 aliphatic carbocycles. The number of aliphatic hydroxyl groups excluding tert-OH is 1. The fourth-order valence-electron chi connectivity index (χ4n) is 6.35. The van der Waals surface area contributed by atoms with Crippen molar-refractivity contribution >= 4 is 11.8 Å². The summed E-state index contributed by atoms with van der Waals surface area (Å²) >= 11 is 0. The van der Waals surface area contributed by atoms with Crippen LogP contribution in [-0.4, -0.2) is 84.4 Å². The fourth-order valence-corrected chi connectivity index (χ4v) is 6.35. The molecule has 0 aromatic heterocycles. The molecule has 0 aromatic carbocycles. The molecule has 5 N–H and O–H groups in total. The fraction of sp³-hybridized carbons (Fsp3) is 0.920. The van der Waals surface area contributed by atoms with Crippen LogP contribution in [0.5, 0.6) is 0 Å². The summed E-state index contributed by atoms with van der Waals surface area (Å²) in [4.78, 5) is 30.4. The summed E-state index contributed by atoms with van der Waals surface area (Å²) in [5.74, 6) is 1.19. The van der Waals surface area contributed by atoms with Crippen molar-refractivity contribution in [2.45, 2.75) is 90.1 Å². The second-order valence-electron chi connectivity index (χ2n) is 12.0. The second-order valence-corrected chi connectivity index (χ2v) is 12.0. The highest BCUT2D eigenvalue weighted by Crippen LogP contribution is 2.34. The van der Waals surface area contributed by atoms with Gasteiger partial charge in [-0.25, -0.2) is 10.9 Å². The van der Waals surface area contributed by atoms with Crippen molar-refractivity contribution in [3.05, 3.63) is 0 Å². The summed E-state index contributed by atoms with van der Waals surface area (Å²) in [6, 6.07) is -0.100. The summed E-state index contributed by atoms with van der Waals surface area (Å²) in [7, 11) is 2.14. The zero-order chi connectivity index (χ0) is 24.5. The van der Waals surface area contributed by atoms with E-state index in [0.717, 1.165) is 38.8 Å². The molecule has 3 aliphatic heterocycles. The van der Waals surface area contributed by atoms with E-state index in [0.29, 0.717) is 44.1 Å². The number of aliphatic hydroxyl groups is 1. The number of nitrogens with one attached hydrogen (secondary N) is 4. The maximum absolute atomic E-state index is 13.1. The van der Waals surface area contributed by atoms with Gasteiger partial charge in [-0.3, -0.25) is 14.5 Å². The molecular formula is C25H46N6O3. The molecule has 6 unspecified atom stereocenters. The summed E-state index contributed by atoms with van der Waals surface area (Å²) in [6.45, 7) is 8.87. The molecule has 0 aromatic rings. The third-order valence-corrected chi connectivity index (χ3v) is 8.87. The van der Waals surface area contributed by atoms with Crippen LogP contribution in [0, 0.1) is 23.2 Å². The molecule has 4 fully saturated rings. The molecular weight excluding hydrogens is 432 g/mol. The molecule has 0 bridgehead atoms. The van der Waals surface area contributed by atoms with Crippen molar-refractivity contribution < 1.29 is 14.7 Å². The van der Waals surface area contributed by atoms with Gasteiger partial charge in [0.1, 0.15) is 0 Å². The zero-order valence-corrected chi connectivity index (χ0v) is 21.5. The Labute approximate surface area is 204 Å². The van der Waals surface area contributed by atoms with Crippen molar-refractivity contribution in [1.29, 1.82) is 0 Å². The van der Waals surface area contributed by atoms with Crippen LogP contribution in [0.15, 0.2) is 0 Å². The van der Waals surface area contributed by atoms with Crippen molar-refractivity contribution in [3.63, 3.8) is 0 Å². The number of nitrogens with zero attached hydrogens (tertiary/aromatic N) is 2. The van der Waals surface area contributed by atoms with E-state index in [2.05, 4.69) is 40.4 Å². The zero-order valence-electron chi connectivity index (χ0n) is 21.5. The number of piperidine rings is 1. The van der Waals surface area contributed by atoms with Crippen LogP contribution < -0.4 is 21.5 Å². The first kappa shape index (κ1) is 25.8. The second kappa shape index (κ2) is 10.8. The molecule has 3 heterocycles. The quantitative estimate of drug-likeness (QED) is 0.381. The monoisotopic (exact) mass is 478 g/mol. The molecule has 194 valence electrons. The smallest absolute Gasteiger partial charge is 0.237 e. The van der Waals surface area contributed by atoms with Crippen LogP contribution >= 0.6 is 0 Å². The highest BCUT2D eigenvalue weighted by Gasteiger charge is 2.43. The Bertz CT molecular complexity index is 733. The number of likely N-dealkylation sites (tertiary alicyclic amines) is 1. The number of hydrazine groups is 1. The van der Waals surface area contributed by atoms with Crippen molar-refractivity contribution in [2.75, 3.05) is 33.4 Å². The minimum Gasteiger partial charge on any atom is -0.391 e. The van der Waals surface area contributed by atoms with E-state index < -0.39 is 6.10 Å². The van der Waals surface area contributed by atoms with Crippen molar-refractivity contribution in [1.82, 2.24) is 31.3 Å². The van der Waals surface area contributed by atoms with Gasteiger partial charge in [0.25, 0.3) is 0 Å². The SMILES string of the molecule is C[C@H](CC1NNCN1C)C1CCCC(NC(=O)C2CC(C(=O)N3CC(O)C(C)(C)C3)CCN2)C1. The molecule has 4 rings (SSSR count). The van der Waals surface area contributed by atoms with Crippen LogP contribution in [-0.2, 0) is 9.59 Å². The van der Waals surface area contributed by atoms with Gasteiger partial charge in [0.15, 0.2) is 0 Å². The Kier molecular flexibility index (Phi) is 8.19. The molecule has 34 heavy (non-hydrogen) atoms. The number of hydrogen-bond acceptors (Lipinski definition) is 7. The van der Waals surface area contributed by atoms with Gasteiger partial charge in [0, 0.05) is 30.5 Å². The summed E-state index contributed by atoms with van der Waals surface area (Å²) in [5.41, 5.74) is 6.30. The average molecular weight is 479 g/mol. The summed E-state index contributed by atoms with van der Waals surface area (Å²) in [6.07, 6.45) is 6.72. The Morgan fingerprint density at radius 3 is 2.68 bits per heavy atom. The molecule has 1 saturated carbocycles.